The molecule has 0 unspecified atom stereocenters. The Balaban J connectivity index is 2.48. The molecule has 0 radical (unpaired) electrons. The Morgan fingerprint density at radius 1 is 1.20 bits per heavy atom. The maximum absolute atomic E-state index is 12.0. The van der Waals surface area contributed by atoms with E-state index in [0.717, 1.165) is 0 Å². The molecule has 3 heteroatoms. The molecule has 58 valence electrons. The first-order valence-corrected chi connectivity index (χ1v) is 3.41. The van der Waals surface area contributed by atoms with E-state index >= 15 is 0 Å². The maximum Gasteiger partial charge on any atom is 0.133 e. The van der Waals surface area contributed by atoms with Crippen molar-refractivity contribution in [1.29, 1.82) is 0 Å². The molecule has 0 amide bonds. The van der Waals surface area contributed by atoms with E-state index in [-0.39, 0.29) is 30.5 Å². The minimum atomic E-state index is -0.555. The molecule has 10 heavy (non-hydrogen) atoms. The number of Topliss-reactive ketones (excluding diaryl/α,β-unsaturated/α-hetero) is 1. The first kappa shape index (κ1) is 7.63. The van der Waals surface area contributed by atoms with Gasteiger partial charge in [-0.15, -0.1) is 0 Å². The van der Waals surface area contributed by atoms with Gasteiger partial charge in [0, 0.05) is 12.8 Å². The molecule has 0 spiro atoms. The summed E-state index contributed by atoms with van der Waals surface area (Å²) in [6.45, 7) is -1.11. The Bertz CT molecular complexity index is 122. The first-order chi connectivity index (χ1) is 4.77. The van der Waals surface area contributed by atoms with Crippen molar-refractivity contribution in [3.05, 3.63) is 0 Å². The number of carbonyl (C=O) groups is 1. The van der Waals surface area contributed by atoms with Crippen molar-refractivity contribution in [1.82, 2.24) is 0 Å². The van der Waals surface area contributed by atoms with Gasteiger partial charge in [0.1, 0.15) is 5.78 Å². The van der Waals surface area contributed by atoms with Gasteiger partial charge in [0.05, 0.1) is 13.3 Å². The SMILES string of the molecule is O=C1C[C@@H](CF)[C@@H](CF)C1. The number of halogens is 2. The molecule has 1 saturated carbocycles. The second-order valence-corrected chi connectivity index (χ2v) is 2.78. The quantitative estimate of drug-likeness (QED) is 0.580. The zero-order chi connectivity index (χ0) is 7.56. The molecule has 0 bridgehead atoms. The summed E-state index contributed by atoms with van der Waals surface area (Å²) in [6.07, 6.45) is 0.482. The highest BCUT2D eigenvalue weighted by molar-refractivity contribution is 5.81. The van der Waals surface area contributed by atoms with Gasteiger partial charge in [0.15, 0.2) is 0 Å². The van der Waals surface area contributed by atoms with E-state index < -0.39 is 13.3 Å². The average molecular weight is 148 g/mol. The van der Waals surface area contributed by atoms with Gasteiger partial charge in [-0.05, 0) is 11.8 Å². The van der Waals surface area contributed by atoms with Crippen molar-refractivity contribution in [2.75, 3.05) is 13.3 Å². The van der Waals surface area contributed by atoms with E-state index in [0.29, 0.717) is 0 Å². The second kappa shape index (κ2) is 3.08. The van der Waals surface area contributed by atoms with Crippen LogP contribution in [0.4, 0.5) is 8.78 Å². The lowest BCUT2D eigenvalue weighted by atomic mass is 9.99. The highest BCUT2D eigenvalue weighted by atomic mass is 19.1. The fraction of sp³-hybridized carbons (Fsp3) is 0.857. The van der Waals surface area contributed by atoms with Gasteiger partial charge in [0.2, 0.25) is 0 Å². The third-order valence-corrected chi connectivity index (χ3v) is 2.04. The summed E-state index contributed by atoms with van der Waals surface area (Å²) in [5, 5.41) is 0. The van der Waals surface area contributed by atoms with Crippen LogP contribution in [-0.4, -0.2) is 19.1 Å². The van der Waals surface area contributed by atoms with Gasteiger partial charge in [-0.2, -0.15) is 0 Å². The number of alkyl halides is 2. The van der Waals surface area contributed by atoms with Gasteiger partial charge in [-0.1, -0.05) is 0 Å². The number of rotatable bonds is 2. The van der Waals surface area contributed by atoms with Gasteiger partial charge < -0.3 is 0 Å². The van der Waals surface area contributed by atoms with Crippen LogP contribution in [0.3, 0.4) is 0 Å². The molecule has 0 saturated heterocycles. The van der Waals surface area contributed by atoms with Crippen LogP contribution in [0.1, 0.15) is 12.8 Å². The van der Waals surface area contributed by atoms with Gasteiger partial charge in [0.25, 0.3) is 0 Å². The van der Waals surface area contributed by atoms with Crippen molar-refractivity contribution in [2.45, 2.75) is 12.8 Å². The van der Waals surface area contributed by atoms with E-state index in [1.54, 1.807) is 0 Å². The molecule has 1 nitrogen and oxygen atoms in total. The molecular weight excluding hydrogens is 138 g/mol. The molecule has 0 aromatic carbocycles. The van der Waals surface area contributed by atoms with Crippen LogP contribution in [0.25, 0.3) is 0 Å². The summed E-state index contributed by atoms with van der Waals surface area (Å²) in [7, 11) is 0. The number of ketones is 1. The molecule has 1 aliphatic carbocycles. The van der Waals surface area contributed by atoms with E-state index in [2.05, 4.69) is 0 Å². The summed E-state index contributed by atoms with van der Waals surface area (Å²) in [5.74, 6) is -0.666. The molecule has 0 aliphatic heterocycles. The topological polar surface area (TPSA) is 17.1 Å². The monoisotopic (exact) mass is 148 g/mol. The third kappa shape index (κ3) is 1.33. The summed E-state index contributed by atoms with van der Waals surface area (Å²) in [6, 6.07) is 0. The predicted octanol–water partition coefficient (Wildman–Crippen LogP) is 1.52. The molecule has 0 aromatic rings. The molecular formula is C7H10F2O. The van der Waals surface area contributed by atoms with Crippen LogP contribution in [0.5, 0.6) is 0 Å². The summed E-state index contributed by atoms with van der Waals surface area (Å²) < 4.78 is 24.0. The van der Waals surface area contributed by atoms with E-state index in [1.165, 1.54) is 0 Å². The van der Waals surface area contributed by atoms with Crippen molar-refractivity contribution < 1.29 is 13.6 Å². The lowest BCUT2D eigenvalue weighted by Gasteiger charge is -2.09. The lowest BCUT2D eigenvalue weighted by Crippen LogP contribution is -2.11. The number of carbonyl (C=O) groups excluding carboxylic acids is 1. The fourth-order valence-corrected chi connectivity index (χ4v) is 1.36. The van der Waals surface area contributed by atoms with Crippen LogP contribution < -0.4 is 0 Å². The van der Waals surface area contributed by atoms with Crippen molar-refractivity contribution >= 4 is 5.78 Å². The van der Waals surface area contributed by atoms with Crippen LogP contribution in [0, 0.1) is 11.8 Å². The van der Waals surface area contributed by atoms with Crippen LogP contribution in [0.15, 0.2) is 0 Å². The number of hydrogen-bond donors (Lipinski definition) is 0. The fourth-order valence-electron chi connectivity index (χ4n) is 1.36. The van der Waals surface area contributed by atoms with E-state index in [1.807, 2.05) is 0 Å². The minimum absolute atomic E-state index is 0.00491. The van der Waals surface area contributed by atoms with Gasteiger partial charge in [-0.3, -0.25) is 13.6 Å². The van der Waals surface area contributed by atoms with Crippen LogP contribution in [0.2, 0.25) is 0 Å². The molecule has 1 aliphatic rings. The Morgan fingerprint density at radius 2 is 1.60 bits per heavy atom. The normalized spacial score (nSPS) is 33.2. The summed E-state index contributed by atoms with van der Waals surface area (Å²) >= 11 is 0. The molecule has 0 heterocycles. The minimum Gasteiger partial charge on any atom is -0.300 e. The van der Waals surface area contributed by atoms with E-state index in [4.69, 9.17) is 0 Å². The zero-order valence-corrected chi connectivity index (χ0v) is 5.65. The number of hydrogen-bond acceptors (Lipinski definition) is 1. The van der Waals surface area contributed by atoms with Crippen LogP contribution in [-0.2, 0) is 4.79 Å². The smallest absolute Gasteiger partial charge is 0.133 e. The third-order valence-electron chi connectivity index (χ3n) is 2.04. The predicted molar refractivity (Wildman–Crippen MR) is 33.2 cm³/mol. The highest BCUT2D eigenvalue weighted by Crippen LogP contribution is 2.29. The second-order valence-electron chi connectivity index (χ2n) is 2.78. The Morgan fingerprint density at radius 3 is 1.90 bits per heavy atom. The lowest BCUT2D eigenvalue weighted by molar-refractivity contribution is -0.117. The molecule has 0 N–H and O–H groups in total. The van der Waals surface area contributed by atoms with Crippen LogP contribution >= 0.6 is 0 Å². The Labute approximate surface area is 58.4 Å². The standard InChI is InChI=1S/C7H10F2O/c8-3-5-1-7(10)2-6(5)4-9/h5-6H,1-4H2/t5-,6+. The largest absolute Gasteiger partial charge is 0.300 e. The van der Waals surface area contributed by atoms with Crippen molar-refractivity contribution in [3.8, 4) is 0 Å². The summed E-state index contributed by atoms with van der Waals surface area (Å²) in [4.78, 5) is 10.6. The van der Waals surface area contributed by atoms with E-state index in [9.17, 15) is 13.6 Å². The van der Waals surface area contributed by atoms with Crippen molar-refractivity contribution in [2.24, 2.45) is 11.8 Å². The Kier molecular flexibility index (Phi) is 2.35. The summed E-state index contributed by atoms with van der Waals surface area (Å²) in [5.41, 5.74) is 0. The molecule has 2 atom stereocenters. The average Bonchev–Trinajstić information content (AvgIpc) is 2.30. The van der Waals surface area contributed by atoms with Crippen molar-refractivity contribution in [3.63, 3.8) is 0 Å². The maximum atomic E-state index is 12.0. The zero-order valence-electron chi connectivity index (χ0n) is 5.65. The highest BCUT2D eigenvalue weighted by Gasteiger charge is 2.32. The van der Waals surface area contributed by atoms with Gasteiger partial charge in [-0.25, -0.2) is 0 Å². The molecule has 0 aromatic heterocycles. The Hall–Kier alpha value is -0.470. The van der Waals surface area contributed by atoms with Gasteiger partial charge >= 0.3 is 0 Å². The molecule has 1 rings (SSSR count). The molecule has 1 fully saturated rings. The first-order valence-electron chi connectivity index (χ1n) is 3.41.